The Morgan fingerprint density at radius 3 is 3.00 bits per heavy atom. The van der Waals surface area contributed by atoms with Gasteiger partial charge in [0.05, 0.1) is 7.11 Å². The number of rotatable bonds is 5. The molecule has 1 aliphatic carbocycles. The molecular formula is C14H18O2. The number of para-hydroxylation sites is 1. The first kappa shape index (κ1) is 11.2. The Kier molecular flexibility index (Phi) is 3.62. The number of hydrogen-bond acceptors (Lipinski definition) is 2. The molecule has 16 heavy (non-hydrogen) atoms. The van der Waals surface area contributed by atoms with Crippen molar-refractivity contribution in [3.8, 4) is 5.75 Å². The summed E-state index contributed by atoms with van der Waals surface area (Å²) in [5.41, 5.74) is 1.12. The normalized spacial score (nSPS) is 23.6. The lowest BCUT2D eigenvalue weighted by molar-refractivity contribution is 0.278. The maximum Gasteiger partial charge on any atom is 0.126 e. The van der Waals surface area contributed by atoms with Gasteiger partial charge >= 0.3 is 0 Å². The fourth-order valence-corrected chi connectivity index (χ4v) is 2.04. The molecule has 0 saturated heterocycles. The Balaban J connectivity index is 1.96. The predicted molar refractivity (Wildman–Crippen MR) is 65.3 cm³/mol. The summed E-state index contributed by atoms with van der Waals surface area (Å²) in [6, 6.07) is 8.01. The quantitative estimate of drug-likeness (QED) is 0.823. The first-order valence-corrected chi connectivity index (χ1v) is 5.77. The largest absolute Gasteiger partial charge is 0.496 e. The van der Waals surface area contributed by atoms with E-state index in [-0.39, 0.29) is 0 Å². The third-order valence-corrected chi connectivity index (χ3v) is 3.14. The van der Waals surface area contributed by atoms with E-state index in [0.29, 0.717) is 18.4 Å². The molecule has 0 heterocycles. The summed E-state index contributed by atoms with van der Waals surface area (Å²) < 4.78 is 5.28. The van der Waals surface area contributed by atoms with Crippen LogP contribution in [0.1, 0.15) is 18.4 Å². The number of hydrogen-bond donors (Lipinski definition) is 1. The van der Waals surface area contributed by atoms with Gasteiger partial charge in [0, 0.05) is 12.2 Å². The van der Waals surface area contributed by atoms with Crippen molar-refractivity contribution in [1.29, 1.82) is 0 Å². The molecule has 1 fully saturated rings. The van der Waals surface area contributed by atoms with Gasteiger partial charge in [-0.05, 0) is 30.7 Å². The van der Waals surface area contributed by atoms with Crippen molar-refractivity contribution >= 4 is 6.08 Å². The number of benzene rings is 1. The van der Waals surface area contributed by atoms with E-state index >= 15 is 0 Å². The van der Waals surface area contributed by atoms with Crippen molar-refractivity contribution in [2.45, 2.75) is 12.8 Å². The zero-order valence-corrected chi connectivity index (χ0v) is 9.60. The molecule has 0 aliphatic heterocycles. The van der Waals surface area contributed by atoms with Crippen LogP contribution in [0.15, 0.2) is 30.3 Å². The molecule has 1 saturated carbocycles. The standard InChI is InChI=1S/C14H18O2/c1-16-14-5-3-2-4-11(14)6-7-12-10-13(12)8-9-15/h2-7,12-13,15H,8-10H2,1H3/b7-6+/t12-,13+/m1/s1. The molecule has 0 amide bonds. The van der Waals surface area contributed by atoms with Crippen molar-refractivity contribution < 1.29 is 9.84 Å². The van der Waals surface area contributed by atoms with Crippen LogP contribution in [0, 0.1) is 11.8 Å². The monoisotopic (exact) mass is 218 g/mol. The lowest BCUT2D eigenvalue weighted by atomic mass is 10.1. The zero-order chi connectivity index (χ0) is 11.4. The van der Waals surface area contributed by atoms with Gasteiger partial charge in [-0.25, -0.2) is 0 Å². The average molecular weight is 218 g/mol. The van der Waals surface area contributed by atoms with Gasteiger partial charge in [-0.2, -0.15) is 0 Å². The number of ether oxygens (including phenoxy) is 1. The Labute approximate surface area is 96.6 Å². The van der Waals surface area contributed by atoms with Crippen LogP contribution < -0.4 is 4.74 Å². The third-order valence-electron chi connectivity index (χ3n) is 3.14. The van der Waals surface area contributed by atoms with Crippen LogP contribution in [0.3, 0.4) is 0 Å². The topological polar surface area (TPSA) is 29.5 Å². The van der Waals surface area contributed by atoms with E-state index in [9.17, 15) is 0 Å². The Bertz CT molecular complexity index is 371. The van der Waals surface area contributed by atoms with Crippen LogP contribution in [0.5, 0.6) is 5.75 Å². The van der Waals surface area contributed by atoms with Crippen LogP contribution in [0.4, 0.5) is 0 Å². The summed E-state index contributed by atoms with van der Waals surface area (Å²) in [5.74, 6) is 2.26. The average Bonchev–Trinajstić information content (AvgIpc) is 3.06. The molecule has 2 heteroatoms. The molecule has 2 rings (SSSR count). The van der Waals surface area contributed by atoms with Gasteiger partial charge in [-0.15, -0.1) is 0 Å². The van der Waals surface area contributed by atoms with Crippen LogP contribution in [0.25, 0.3) is 6.08 Å². The van der Waals surface area contributed by atoms with Crippen LogP contribution in [0.2, 0.25) is 0 Å². The fraction of sp³-hybridized carbons (Fsp3) is 0.429. The summed E-state index contributed by atoms with van der Waals surface area (Å²) >= 11 is 0. The number of aliphatic hydroxyl groups is 1. The van der Waals surface area contributed by atoms with E-state index in [1.54, 1.807) is 7.11 Å². The highest BCUT2D eigenvalue weighted by Crippen LogP contribution is 2.42. The predicted octanol–water partition coefficient (Wildman–Crippen LogP) is 2.73. The molecule has 86 valence electrons. The second kappa shape index (κ2) is 5.17. The second-order valence-corrected chi connectivity index (χ2v) is 4.27. The second-order valence-electron chi connectivity index (χ2n) is 4.27. The summed E-state index contributed by atoms with van der Waals surface area (Å²) in [7, 11) is 1.69. The summed E-state index contributed by atoms with van der Waals surface area (Å²) in [6.07, 6.45) is 6.51. The minimum atomic E-state index is 0.309. The maximum atomic E-state index is 8.82. The molecule has 0 unspecified atom stereocenters. The summed E-state index contributed by atoms with van der Waals surface area (Å²) in [5, 5.41) is 8.82. The van der Waals surface area contributed by atoms with E-state index < -0.39 is 0 Å². The lowest BCUT2D eigenvalue weighted by Crippen LogP contribution is -1.87. The van der Waals surface area contributed by atoms with E-state index in [2.05, 4.69) is 18.2 Å². The molecule has 2 atom stereocenters. The Morgan fingerprint density at radius 1 is 1.44 bits per heavy atom. The molecule has 1 aromatic carbocycles. The van der Waals surface area contributed by atoms with Crippen molar-refractivity contribution in [1.82, 2.24) is 0 Å². The molecule has 0 aromatic heterocycles. The van der Waals surface area contributed by atoms with Crippen LogP contribution in [-0.2, 0) is 0 Å². The highest BCUT2D eigenvalue weighted by Gasteiger charge is 2.33. The minimum Gasteiger partial charge on any atom is -0.496 e. The van der Waals surface area contributed by atoms with E-state index in [1.165, 1.54) is 6.42 Å². The summed E-state index contributed by atoms with van der Waals surface area (Å²) in [6.45, 7) is 0.309. The van der Waals surface area contributed by atoms with Gasteiger partial charge in [0.2, 0.25) is 0 Å². The first-order chi connectivity index (χ1) is 7.85. The van der Waals surface area contributed by atoms with Crippen molar-refractivity contribution in [2.75, 3.05) is 13.7 Å². The highest BCUT2D eigenvalue weighted by molar-refractivity contribution is 5.57. The van der Waals surface area contributed by atoms with E-state index in [1.807, 2.05) is 18.2 Å². The van der Waals surface area contributed by atoms with Gasteiger partial charge in [0.15, 0.2) is 0 Å². The molecule has 2 nitrogen and oxygen atoms in total. The number of allylic oxidation sites excluding steroid dienone is 1. The number of methoxy groups -OCH3 is 1. The fourth-order valence-electron chi connectivity index (χ4n) is 2.04. The van der Waals surface area contributed by atoms with E-state index in [0.717, 1.165) is 17.7 Å². The molecule has 1 aromatic rings. The first-order valence-electron chi connectivity index (χ1n) is 5.77. The van der Waals surface area contributed by atoms with Crippen molar-refractivity contribution in [3.05, 3.63) is 35.9 Å². The molecule has 1 N–H and O–H groups in total. The van der Waals surface area contributed by atoms with Gasteiger partial charge in [0.1, 0.15) is 5.75 Å². The summed E-state index contributed by atoms with van der Waals surface area (Å²) in [4.78, 5) is 0. The Hall–Kier alpha value is -1.28. The smallest absolute Gasteiger partial charge is 0.126 e. The molecule has 0 bridgehead atoms. The molecular weight excluding hydrogens is 200 g/mol. The van der Waals surface area contributed by atoms with Gasteiger partial charge in [-0.3, -0.25) is 0 Å². The molecule has 1 aliphatic rings. The van der Waals surface area contributed by atoms with Gasteiger partial charge in [0.25, 0.3) is 0 Å². The van der Waals surface area contributed by atoms with Crippen molar-refractivity contribution in [2.24, 2.45) is 11.8 Å². The molecule has 0 spiro atoms. The third kappa shape index (κ3) is 2.64. The van der Waals surface area contributed by atoms with Crippen LogP contribution >= 0.6 is 0 Å². The Morgan fingerprint density at radius 2 is 2.25 bits per heavy atom. The lowest BCUT2D eigenvalue weighted by Gasteiger charge is -2.03. The van der Waals surface area contributed by atoms with Gasteiger partial charge in [-0.1, -0.05) is 30.4 Å². The SMILES string of the molecule is COc1ccccc1/C=C/[C@@H]1C[C@@H]1CCO. The zero-order valence-electron chi connectivity index (χ0n) is 9.60. The molecule has 0 radical (unpaired) electrons. The van der Waals surface area contributed by atoms with Crippen molar-refractivity contribution in [3.63, 3.8) is 0 Å². The number of aliphatic hydroxyl groups excluding tert-OH is 1. The van der Waals surface area contributed by atoms with Gasteiger partial charge < -0.3 is 9.84 Å². The van der Waals surface area contributed by atoms with Crippen LogP contribution in [-0.4, -0.2) is 18.8 Å². The maximum absolute atomic E-state index is 8.82. The van der Waals surface area contributed by atoms with E-state index in [4.69, 9.17) is 9.84 Å². The minimum absolute atomic E-state index is 0.309. The highest BCUT2D eigenvalue weighted by atomic mass is 16.5.